The minimum atomic E-state index is 0.152. The molecule has 3 nitrogen and oxygen atoms in total. The van der Waals surface area contributed by atoms with Crippen LogP contribution in [0, 0.1) is 5.92 Å². The van der Waals surface area contributed by atoms with Gasteiger partial charge in [-0.2, -0.15) is 12.6 Å². The highest BCUT2D eigenvalue weighted by molar-refractivity contribution is 7.80. The van der Waals surface area contributed by atoms with Gasteiger partial charge in [-0.25, -0.2) is 0 Å². The van der Waals surface area contributed by atoms with E-state index in [1.807, 2.05) is 0 Å². The van der Waals surface area contributed by atoms with Gasteiger partial charge in [-0.3, -0.25) is 9.69 Å². The second-order valence-corrected chi connectivity index (χ2v) is 5.44. The molecule has 1 rings (SSSR count). The summed E-state index contributed by atoms with van der Waals surface area (Å²) in [6, 6.07) is 0.473. The van der Waals surface area contributed by atoms with E-state index < -0.39 is 0 Å². The maximum Gasteiger partial charge on any atom is 0.234 e. The molecule has 1 aliphatic heterocycles. The van der Waals surface area contributed by atoms with Gasteiger partial charge < -0.3 is 5.32 Å². The van der Waals surface area contributed by atoms with Gasteiger partial charge in [-0.1, -0.05) is 13.8 Å². The minimum Gasteiger partial charge on any atom is -0.354 e. The number of piperazine rings is 1. The van der Waals surface area contributed by atoms with Crippen molar-refractivity contribution >= 4 is 18.5 Å². The number of carbonyl (C=O) groups is 1. The molecule has 3 atom stereocenters. The Balaban J connectivity index is 2.38. The molecule has 3 unspecified atom stereocenters. The van der Waals surface area contributed by atoms with E-state index in [0.29, 0.717) is 23.8 Å². The Morgan fingerprint density at radius 2 is 2.13 bits per heavy atom. The summed E-state index contributed by atoms with van der Waals surface area (Å²) in [5.41, 5.74) is 0. The molecule has 1 fully saturated rings. The van der Waals surface area contributed by atoms with Crippen LogP contribution in [0.4, 0.5) is 0 Å². The van der Waals surface area contributed by atoms with Gasteiger partial charge in [-0.05, 0) is 19.3 Å². The van der Waals surface area contributed by atoms with Gasteiger partial charge in [0, 0.05) is 24.4 Å². The van der Waals surface area contributed by atoms with Crippen molar-refractivity contribution in [3.8, 4) is 0 Å². The molecule has 0 saturated carbocycles. The first-order chi connectivity index (χ1) is 7.00. The van der Waals surface area contributed by atoms with Gasteiger partial charge in [0.05, 0.1) is 6.54 Å². The molecule has 0 spiro atoms. The van der Waals surface area contributed by atoms with Crippen molar-refractivity contribution in [1.29, 1.82) is 0 Å². The lowest BCUT2D eigenvalue weighted by atomic mass is 9.98. The maximum atomic E-state index is 11.2. The molecule has 1 aliphatic rings. The van der Waals surface area contributed by atoms with E-state index in [2.05, 4.69) is 43.6 Å². The predicted molar refractivity (Wildman–Crippen MR) is 66.3 cm³/mol. The number of thiol groups is 1. The number of rotatable bonds is 4. The standard InChI is InChI=1S/C11H22N2OS/c1-8(10(3)15)6-9(2)13-5-4-12-11(14)7-13/h8-10,15H,4-7H2,1-3H3,(H,12,14). The zero-order valence-corrected chi connectivity index (χ0v) is 10.8. The number of hydrogen-bond donors (Lipinski definition) is 2. The third-order valence-electron chi connectivity index (χ3n) is 3.23. The average molecular weight is 230 g/mol. The van der Waals surface area contributed by atoms with Crippen molar-refractivity contribution in [2.45, 2.75) is 38.5 Å². The van der Waals surface area contributed by atoms with E-state index in [0.717, 1.165) is 19.5 Å². The number of hydrogen-bond acceptors (Lipinski definition) is 3. The Morgan fingerprint density at radius 3 is 2.67 bits per heavy atom. The molecule has 0 aromatic heterocycles. The lowest BCUT2D eigenvalue weighted by Crippen LogP contribution is -2.51. The predicted octanol–water partition coefficient (Wildman–Crippen LogP) is 1.15. The highest BCUT2D eigenvalue weighted by Gasteiger charge is 2.23. The summed E-state index contributed by atoms with van der Waals surface area (Å²) >= 11 is 4.45. The van der Waals surface area contributed by atoms with Crippen LogP contribution in [-0.2, 0) is 4.79 Å². The largest absolute Gasteiger partial charge is 0.354 e. The zero-order chi connectivity index (χ0) is 11.4. The summed E-state index contributed by atoms with van der Waals surface area (Å²) in [6.45, 7) is 8.86. The Kier molecular flexibility index (Phi) is 4.93. The number of nitrogens with zero attached hydrogens (tertiary/aromatic N) is 1. The molecule has 1 saturated heterocycles. The Morgan fingerprint density at radius 1 is 1.47 bits per heavy atom. The molecule has 0 aliphatic carbocycles. The number of nitrogens with one attached hydrogen (secondary N) is 1. The van der Waals surface area contributed by atoms with Crippen molar-refractivity contribution in [1.82, 2.24) is 10.2 Å². The lowest BCUT2D eigenvalue weighted by Gasteiger charge is -2.33. The Labute approximate surface area is 98.0 Å². The summed E-state index contributed by atoms with van der Waals surface area (Å²) < 4.78 is 0. The molecule has 0 bridgehead atoms. The summed E-state index contributed by atoms with van der Waals surface area (Å²) in [7, 11) is 0. The minimum absolute atomic E-state index is 0.152. The quantitative estimate of drug-likeness (QED) is 0.710. The van der Waals surface area contributed by atoms with Gasteiger partial charge >= 0.3 is 0 Å². The molecule has 1 N–H and O–H groups in total. The second kappa shape index (κ2) is 5.75. The van der Waals surface area contributed by atoms with Crippen LogP contribution in [-0.4, -0.2) is 41.7 Å². The summed E-state index contributed by atoms with van der Waals surface area (Å²) in [6.07, 6.45) is 1.11. The first kappa shape index (κ1) is 12.8. The van der Waals surface area contributed by atoms with Crippen LogP contribution in [0.5, 0.6) is 0 Å². The molecule has 1 amide bonds. The Bertz CT molecular complexity index is 221. The van der Waals surface area contributed by atoms with Crippen molar-refractivity contribution < 1.29 is 4.79 Å². The SMILES string of the molecule is CC(S)C(C)CC(C)N1CCNC(=O)C1. The fraction of sp³-hybridized carbons (Fsp3) is 0.909. The first-order valence-electron chi connectivity index (χ1n) is 5.69. The third kappa shape index (κ3) is 4.03. The molecular formula is C11H22N2OS. The van der Waals surface area contributed by atoms with Crippen LogP contribution in [0.1, 0.15) is 27.2 Å². The molecule has 4 heteroatoms. The van der Waals surface area contributed by atoms with Crippen LogP contribution < -0.4 is 5.32 Å². The maximum absolute atomic E-state index is 11.2. The van der Waals surface area contributed by atoms with Gasteiger partial charge in [-0.15, -0.1) is 0 Å². The van der Waals surface area contributed by atoms with E-state index in [9.17, 15) is 4.79 Å². The first-order valence-corrected chi connectivity index (χ1v) is 6.21. The van der Waals surface area contributed by atoms with Crippen molar-refractivity contribution in [2.24, 2.45) is 5.92 Å². The third-order valence-corrected chi connectivity index (χ3v) is 3.74. The summed E-state index contributed by atoms with van der Waals surface area (Å²) in [5, 5.41) is 3.27. The van der Waals surface area contributed by atoms with E-state index in [1.54, 1.807) is 0 Å². The molecule has 0 aromatic rings. The Hall–Kier alpha value is -0.220. The van der Waals surface area contributed by atoms with Crippen LogP contribution in [0.3, 0.4) is 0 Å². The summed E-state index contributed by atoms with van der Waals surface area (Å²) in [4.78, 5) is 13.5. The molecule has 15 heavy (non-hydrogen) atoms. The van der Waals surface area contributed by atoms with Crippen LogP contribution in [0.2, 0.25) is 0 Å². The van der Waals surface area contributed by atoms with E-state index in [-0.39, 0.29) is 5.91 Å². The van der Waals surface area contributed by atoms with Gasteiger partial charge in [0.1, 0.15) is 0 Å². The second-order valence-electron chi connectivity index (χ2n) is 4.62. The van der Waals surface area contributed by atoms with Crippen molar-refractivity contribution in [2.75, 3.05) is 19.6 Å². The molecule has 88 valence electrons. The van der Waals surface area contributed by atoms with Crippen molar-refractivity contribution in [3.63, 3.8) is 0 Å². The number of amides is 1. The molecule has 0 aromatic carbocycles. The van der Waals surface area contributed by atoms with E-state index in [1.165, 1.54) is 0 Å². The zero-order valence-electron chi connectivity index (χ0n) is 9.86. The van der Waals surface area contributed by atoms with Gasteiger partial charge in [0.15, 0.2) is 0 Å². The van der Waals surface area contributed by atoms with Gasteiger partial charge in [0.25, 0.3) is 0 Å². The smallest absolute Gasteiger partial charge is 0.234 e. The highest BCUT2D eigenvalue weighted by Crippen LogP contribution is 2.18. The lowest BCUT2D eigenvalue weighted by molar-refractivity contribution is -0.124. The van der Waals surface area contributed by atoms with E-state index >= 15 is 0 Å². The molecule has 0 radical (unpaired) electrons. The topological polar surface area (TPSA) is 32.3 Å². The highest BCUT2D eigenvalue weighted by atomic mass is 32.1. The van der Waals surface area contributed by atoms with Crippen LogP contribution in [0.25, 0.3) is 0 Å². The molecular weight excluding hydrogens is 208 g/mol. The fourth-order valence-corrected chi connectivity index (χ4v) is 2.04. The number of carbonyl (C=O) groups excluding carboxylic acids is 1. The average Bonchev–Trinajstić information content (AvgIpc) is 2.17. The van der Waals surface area contributed by atoms with E-state index in [4.69, 9.17) is 0 Å². The van der Waals surface area contributed by atoms with Crippen LogP contribution >= 0.6 is 12.6 Å². The van der Waals surface area contributed by atoms with Crippen LogP contribution in [0.15, 0.2) is 0 Å². The summed E-state index contributed by atoms with van der Waals surface area (Å²) in [5.74, 6) is 0.744. The monoisotopic (exact) mass is 230 g/mol. The fourth-order valence-electron chi connectivity index (χ4n) is 1.92. The van der Waals surface area contributed by atoms with Gasteiger partial charge in [0.2, 0.25) is 5.91 Å². The normalized spacial score (nSPS) is 24.4. The van der Waals surface area contributed by atoms with Crippen molar-refractivity contribution in [3.05, 3.63) is 0 Å². The molecule has 1 heterocycles.